The fraction of sp³-hybridized carbons (Fsp3) is 0.238. The second-order valence-corrected chi connectivity index (χ2v) is 7.62. The van der Waals surface area contributed by atoms with Crippen LogP contribution in [-0.4, -0.2) is 14.9 Å². The third-order valence-electron chi connectivity index (χ3n) is 4.05. The van der Waals surface area contributed by atoms with E-state index in [1.807, 2.05) is 31.2 Å². The number of benzene rings is 2. The molecule has 6 nitrogen and oxygen atoms in total. The van der Waals surface area contributed by atoms with Gasteiger partial charge in [0.15, 0.2) is 5.16 Å². The number of nitrogens with zero attached hydrogens (tertiary/aromatic N) is 3. The Labute approximate surface area is 168 Å². The Morgan fingerprint density at radius 2 is 1.89 bits per heavy atom. The van der Waals surface area contributed by atoms with E-state index in [1.165, 1.54) is 23.4 Å². The summed E-state index contributed by atoms with van der Waals surface area (Å²) in [6, 6.07) is 16.3. The van der Waals surface area contributed by atoms with Crippen LogP contribution in [0.5, 0.6) is 11.6 Å². The van der Waals surface area contributed by atoms with Crippen LogP contribution >= 0.6 is 11.8 Å². The van der Waals surface area contributed by atoms with E-state index in [9.17, 15) is 10.1 Å². The largest absolute Gasteiger partial charge is 0.439 e. The van der Waals surface area contributed by atoms with Crippen LogP contribution in [0.15, 0.2) is 59.8 Å². The normalized spacial score (nSPS) is 10.9. The van der Waals surface area contributed by atoms with Crippen LogP contribution in [-0.2, 0) is 5.75 Å². The number of aryl methyl sites for hydroxylation is 1. The van der Waals surface area contributed by atoms with Crippen molar-refractivity contribution >= 4 is 17.4 Å². The van der Waals surface area contributed by atoms with Crippen LogP contribution in [0.3, 0.4) is 0 Å². The Kier molecular flexibility index (Phi) is 6.26. The molecule has 0 saturated carbocycles. The number of non-ortho nitro benzene ring substituents is 1. The quantitative estimate of drug-likeness (QED) is 0.214. The monoisotopic (exact) mass is 395 g/mol. The van der Waals surface area contributed by atoms with Crippen molar-refractivity contribution in [2.75, 3.05) is 0 Å². The topological polar surface area (TPSA) is 78.2 Å². The predicted molar refractivity (Wildman–Crippen MR) is 110 cm³/mol. The molecular weight excluding hydrogens is 374 g/mol. The molecule has 0 bridgehead atoms. The molecule has 0 spiro atoms. The zero-order valence-electron chi connectivity index (χ0n) is 16.0. The van der Waals surface area contributed by atoms with E-state index in [-0.39, 0.29) is 5.69 Å². The summed E-state index contributed by atoms with van der Waals surface area (Å²) in [4.78, 5) is 19.4. The molecule has 3 rings (SSSR count). The number of hydrogen-bond donors (Lipinski definition) is 0. The van der Waals surface area contributed by atoms with Crippen molar-refractivity contribution in [2.24, 2.45) is 0 Å². The number of rotatable bonds is 7. The fourth-order valence-electron chi connectivity index (χ4n) is 2.60. The van der Waals surface area contributed by atoms with Gasteiger partial charge in [0, 0.05) is 29.6 Å². The summed E-state index contributed by atoms with van der Waals surface area (Å²) < 4.78 is 5.94. The van der Waals surface area contributed by atoms with Gasteiger partial charge in [0.25, 0.3) is 5.69 Å². The lowest BCUT2D eigenvalue weighted by Crippen LogP contribution is -1.96. The van der Waals surface area contributed by atoms with Crippen molar-refractivity contribution < 1.29 is 9.66 Å². The highest BCUT2D eigenvalue weighted by molar-refractivity contribution is 7.98. The molecule has 0 N–H and O–H groups in total. The summed E-state index contributed by atoms with van der Waals surface area (Å²) in [6.07, 6.45) is 0. The van der Waals surface area contributed by atoms with Crippen LogP contribution in [0.25, 0.3) is 0 Å². The van der Waals surface area contributed by atoms with Crippen LogP contribution in [0, 0.1) is 17.0 Å². The molecule has 7 heteroatoms. The Morgan fingerprint density at radius 3 is 2.64 bits per heavy atom. The van der Waals surface area contributed by atoms with Crippen molar-refractivity contribution in [3.8, 4) is 11.6 Å². The molecule has 0 fully saturated rings. The average molecular weight is 395 g/mol. The zero-order chi connectivity index (χ0) is 20.1. The first-order valence-corrected chi connectivity index (χ1v) is 9.89. The Bertz CT molecular complexity index is 992. The molecule has 0 unspecified atom stereocenters. The minimum absolute atomic E-state index is 0.0808. The molecule has 28 heavy (non-hydrogen) atoms. The Hall–Kier alpha value is -2.93. The van der Waals surface area contributed by atoms with Crippen molar-refractivity contribution in [1.82, 2.24) is 9.97 Å². The van der Waals surface area contributed by atoms with Gasteiger partial charge in [0.05, 0.1) is 4.92 Å². The number of ether oxygens (including phenoxy) is 1. The molecule has 0 aliphatic heterocycles. The molecule has 0 amide bonds. The van der Waals surface area contributed by atoms with E-state index in [2.05, 4.69) is 29.9 Å². The summed E-state index contributed by atoms with van der Waals surface area (Å²) >= 11 is 1.42. The first-order valence-electron chi connectivity index (χ1n) is 8.90. The van der Waals surface area contributed by atoms with Gasteiger partial charge < -0.3 is 4.74 Å². The number of aromatic nitrogens is 2. The van der Waals surface area contributed by atoms with Gasteiger partial charge in [0.2, 0.25) is 5.88 Å². The molecule has 0 aliphatic carbocycles. The molecule has 3 aromatic rings. The van der Waals surface area contributed by atoms with Crippen molar-refractivity contribution in [2.45, 2.75) is 37.6 Å². The lowest BCUT2D eigenvalue weighted by Gasteiger charge is -2.10. The van der Waals surface area contributed by atoms with E-state index in [4.69, 9.17) is 4.74 Å². The number of thioether (sulfide) groups is 1. The molecule has 0 saturated heterocycles. The molecule has 1 aromatic heterocycles. The SMILES string of the molecule is Cc1cc(Oc2cccc(C(C)C)c2)nc(SCc2cccc([N+](=O)[O-])c2)n1. The highest BCUT2D eigenvalue weighted by Gasteiger charge is 2.09. The van der Waals surface area contributed by atoms with Gasteiger partial charge in [-0.1, -0.05) is 49.9 Å². The molecule has 1 heterocycles. The lowest BCUT2D eigenvalue weighted by molar-refractivity contribution is -0.384. The fourth-order valence-corrected chi connectivity index (χ4v) is 3.43. The standard InChI is InChI=1S/C21H21N3O3S/c1-14(2)17-7-5-9-19(12-17)27-20-10-15(3)22-21(23-20)28-13-16-6-4-8-18(11-16)24(25)26/h4-12,14H,13H2,1-3H3. The third kappa shape index (κ3) is 5.29. The molecule has 0 aliphatic rings. The average Bonchev–Trinajstić information content (AvgIpc) is 2.66. The smallest absolute Gasteiger partial charge is 0.269 e. The van der Waals surface area contributed by atoms with Gasteiger partial charge in [-0.15, -0.1) is 0 Å². The summed E-state index contributed by atoms with van der Waals surface area (Å²) in [5, 5.41) is 11.5. The Balaban J connectivity index is 1.74. The summed E-state index contributed by atoms with van der Waals surface area (Å²) in [5.41, 5.74) is 2.92. The zero-order valence-corrected chi connectivity index (χ0v) is 16.8. The maximum Gasteiger partial charge on any atom is 0.269 e. The van der Waals surface area contributed by atoms with Gasteiger partial charge in [-0.3, -0.25) is 10.1 Å². The van der Waals surface area contributed by atoms with Crippen molar-refractivity contribution in [3.05, 3.63) is 81.5 Å². The summed E-state index contributed by atoms with van der Waals surface area (Å²) in [6.45, 7) is 6.16. The van der Waals surface area contributed by atoms with E-state index >= 15 is 0 Å². The molecule has 2 aromatic carbocycles. The van der Waals surface area contributed by atoms with Crippen LogP contribution in [0.1, 0.15) is 36.6 Å². The maximum absolute atomic E-state index is 10.9. The maximum atomic E-state index is 10.9. The highest BCUT2D eigenvalue weighted by Crippen LogP contribution is 2.27. The van der Waals surface area contributed by atoms with Gasteiger partial charge in [-0.2, -0.15) is 4.98 Å². The summed E-state index contributed by atoms with van der Waals surface area (Å²) in [7, 11) is 0. The first-order chi connectivity index (χ1) is 13.4. The van der Waals surface area contributed by atoms with Crippen LogP contribution < -0.4 is 4.74 Å². The number of hydrogen-bond acceptors (Lipinski definition) is 6. The molecule has 144 valence electrons. The Morgan fingerprint density at radius 1 is 1.11 bits per heavy atom. The second kappa shape index (κ2) is 8.84. The third-order valence-corrected chi connectivity index (χ3v) is 4.97. The van der Waals surface area contributed by atoms with E-state index in [0.717, 1.165) is 17.0 Å². The minimum atomic E-state index is -0.394. The van der Waals surface area contributed by atoms with Gasteiger partial charge in [-0.25, -0.2) is 4.98 Å². The summed E-state index contributed by atoms with van der Waals surface area (Å²) in [5.74, 6) is 2.17. The second-order valence-electron chi connectivity index (χ2n) is 6.68. The minimum Gasteiger partial charge on any atom is -0.439 e. The number of nitro groups is 1. The molecule has 0 radical (unpaired) electrons. The first kappa shape index (κ1) is 19.8. The predicted octanol–water partition coefficient (Wildman–Crippen LogP) is 5.90. The highest BCUT2D eigenvalue weighted by atomic mass is 32.2. The molecule has 0 atom stereocenters. The van der Waals surface area contributed by atoms with Gasteiger partial charge in [-0.05, 0) is 36.1 Å². The van der Waals surface area contributed by atoms with Gasteiger partial charge in [0.1, 0.15) is 5.75 Å². The van der Waals surface area contributed by atoms with Gasteiger partial charge >= 0.3 is 0 Å². The number of nitro benzene ring substituents is 1. The van der Waals surface area contributed by atoms with E-state index in [0.29, 0.717) is 22.7 Å². The van der Waals surface area contributed by atoms with Crippen LogP contribution in [0.2, 0.25) is 0 Å². The lowest BCUT2D eigenvalue weighted by atomic mass is 10.0. The molecular formula is C21H21N3O3S. The van der Waals surface area contributed by atoms with E-state index < -0.39 is 4.92 Å². The van der Waals surface area contributed by atoms with Crippen LogP contribution in [0.4, 0.5) is 5.69 Å². The van der Waals surface area contributed by atoms with Crippen molar-refractivity contribution in [3.63, 3.8) is 0 Å². The van der Waals surface area contributed by atoms with E-state index in [1.54, 1.807) is 18.2 Å². The van der Waals surface area contributed by atoms with Crippen molar-refractivity contribution in [1.29, 1.82) is 0 Å².